The minimum atomic E-state index is -0.447. The van der Waals surface area contributed by atoms with E-state index >= 15 is 0 Å². The predicted molar refractivity (Wildman–Crippen MR) is 70.4 cm³/mol. The van der Waals surface area contributed by atoms with E-state index in [-0.39, 0.29) is 5.91 Å². The maximum Gasteiger partial charge on any atom is 0.276 e. The minimum Gasteiger partial charge on any atom is -0.361 e. The molecule has 1 amide bonds. The first kappa shape index (κ1) is 12.5. The number of aryl methyl sites for hydroxylation is 2. The molecule has 0 aliphatic carbocycles. The number of carbonyl (C=O) groups is 1. The summed E-state index contributed by atoms with van der Waals surface area (Å²) in [6, 6.07) is 1.64. The summed E-state index contributed by atoms with van der Waals surface area (Å²) in [5.41, 5.74) is 1.80. The maximum absolute atomic E-state index is 12.3. The van der Waals surface area contributed by atoms with E-state index in [0.29, 0.717) is 31.2 Å². The lowest BCUT2D eigenvalue weighted by Gasteiger charge is -2.46. The Kier molecular flexibility index (Phi) is 2.44. The van der Waals surface area contributed by atoms with Gasteiger partial charge in [-0.05, 0) is 13.8 Å². The molecule has 7 nitrogen and oxygen atoms in total. The first-order valence-corrected chi connectivity index (χ1v) is 6.77. The summed E-state index contributed by atoms with van der Waals surface area (Å²) in [6.45, 7) is 5.09. The molecule has 1 fully saturated rings. The van der Waals surface area contributed by atoms with Crippen LogP contribution in [0.15, 0.2) is 16.8 Å². The van der Waals surface area contributed by atoms with Crippen LogP contribution in [0.4, 0.5) is 0 Å². The van der Waals surface area contributed by atoms with E-state index in [2.05, 4.69) is 15.1 Å². The number of rotatable bonds is 1. The summed E-state index contributed by atoms with van der Waals surface area (Å²) >= 11 is 0. The lowest BCUT2D eigenvalue weighted by atomic mass is 9.87. The molecular formula is C14H14N4O3. The topological polar surface area (TPSA) is 81.4 Å². The van der Waals surface area contributed by atoms with Gasteiger partial charge in [0.2, 0.25) is 0 Å². The average molecular weight is 286 g/mol. The third-order valence-electron chi connectivity index (χ3n) is 3.99. The summed E-state index contributed by atoms with van der Waals surface area (Å²) in [4.78, 5) is 22.6. The number of amides is 1. The molecule has 0 N–H and O–H groups in total. The third kappa shape index (κ3) is 1.77. The molecule has 0 radical (unpaired) electrons. The zero-order valence-corrected chi connectivity index (χ0v) is 11.8. The van der Waals surface area contributed by atoms with Gasteiger partial charge in [-0.15, -0.1) is 0 Å². The molecular weight excluding hydrogens is 272 g/mol. The summed E-state index contributed by atoms with van der Waals surface area (Å²) in [5.74, 6) is 1.22. The molecule has 0 saturated carbocycles. The minimum absolute atomic E-state index is 0.137. The fraction of sp³-hybridized carbons (Fsp3) is 0.429. The second-order valence-corrected chi connectivity index (χ2v) is 5.54. The smallest absolute Gasteiger partial charge is 0.276 e. The van der Waals surface area contributed by atoms with Gasteiger partial charge in [0.15, 0.2) is 5.69 Å². The van der Waals surface area contributed by atoms with Crippen molar-refractivity contribution in [1.29, 1.82) is 0 Å². The monoisotopic (exact) mass is 286 g/mol. The van der Waals surface area contributed by atoms with E-state index < -0.39 is 5.60 Å². The summed E-state index contributed by atoms with van der Waals surface area (Å²) in [6.07, 6.45) is 1.81. The van der Waals surface area contributed by atoms with Gasteiger partial charge in [0.25, 0.3) is 5.91 Å². The Bertz CT molecular complexity index is 734. The second kappa shape index (κ2) is 4.11. The maximum atomic E-state index is 12.3. The van der Waals surface area contributed by atoms with Crippen molar-refractivity contribution in [1.82, 2.24) is 20.0 Å². The number of ether oxygens (including phenoxy) is 1. The number of likely N-dealkylation sites (tertiary alicyclic amines) is 1. The third-order valence-corrected chi connectivity index (χ3v) is 3.99. The van der Waals surface area contributed by atoms with Crippen molar-refractivity contribution in [3.63, 3.8) is 0 Å². The largest absolute Gasteiger partial charge is 0.361 e. The summed E-state index contributed by atoms with van der Waals surface area (Å²) in [5, 5.41) is 3.76. The molecule has 21 heavy (non-hydrogen) atoms. The molecule has 1 saturated heterocycles. The van der Waals surface area contributed by atoms with Crippen LogP contribution in [0.2, 0.25) is 0 Å². The Labute approximate surface area is 120 Å². The van der Waals surface area contributed by atoms with Gasteiger partial charge in [-0.3, -0.25) is 4.79 Å². The van der Waals surface area contributed by atoms with Crippen LogP contribution in [0, 0.1) is 13.8 Å². The van der Waals surface area contributed by atoms with Gasteiger partial charge in [0.05, 0.1) is 25.4 Å². The molecule has 7 heteroatoms. The van der Waals surface area contributed by atoms with Crippen molar-refractivity contribution in [2.75, 3.05) is 13.1 Å². The number of nitrogens with zero attached hydrogens (tertiary/aromatic N) is 4. The SMILES string of the molecule is Cc1ncc2c(n1)COC21CN(C(=O)c2cc(C)on2)C1. The number of carbonyl (C=O) groups excluding carboxylic acids is 1. The van der Waals surface area contributed by atoms with E-state index in [1.54, 1.807) is 17.9 Å². The molecule has 0 atom stereocenters. The Hall–Kier alpha value is -2.28. The van der Waals surface area contributed by atoms with Crippen molar-refractivity contribution in [2.45, 2.75) is 26.1 Å². The van der Waals surface area contributed by atoms with Gasteiger partial charge in [0, 0.05) is 17.8 Å². The molecule has 2 aliphatic rings. The number of fused-ring (bicyclic) bond motifs is 2. The molecule has 0 bridgehead atoms. The van der Waals surface area contributed by atoms with Crippen molar-refractivity contribution < 1.29 is 14.1 Å². The molecule has 4 rings (SSSR count). The quantitative estimate of drug-likeness (QED) is 0.776. The highest BCUT2D eigenvalue weighted by Crippen LogP contribution is 2.42. The van der Waals surface area contributed by atoms with Crippen LogP contribution in [0.3, 0.4) is 0 Å². The van der Waals surface area contributed by atoms with Crippen LogP contribution in [-0.4, -0.2) is 39.0 Å². The van der Waals surface area contributed by atoms with Crippen LogP contribution in [0.1, 0.15) is 33.3 Å². The molecule has 2 aliphatic heterocycles. The fourth-order valence-corrected chi connectivity index (χ4v) is 2.90. The average Bonchev–Trinajstić information content (AvgIpc) is 2.99. The number of aromatic nitrogens is 3. The van der Waals surface area contributed by atoms with Crippen LogP contribution >= 0.6 is 0 Å². The molecule has 0 unspecified atom stereocenters. The molecule has 2 aromatic heterocycles. The lowest BCUT2D eigenvalue weighted by Crippen LogP contribution is -2.61. The first-order chi connectivity index (χ1) is 10.1. The first-order valence-electron chi connectivity index (χ1n) is 6.77. The van der Waals surface area contributed by atoms with E-state index in [1.165, 1.54) is 0 Å². The van der Waals surface area contributed by atoms with Gasteiger partial charge < -0.3 is 14.2 Å². The van der Waals surface area contributed by atoms with Crippen LogP contribution in [-0.2, 0) is 16.9 Å². The van der Waals surface area contributed by atoms with Crippen molar-refractivity contribution in [3.8, 4) is 0 Å². The molecule has 0 aromatic carbocycles. The van der Waals surface area contributed by atoms with E-state index in [4.69, 9.17) is 9.26 Å². The Morgan fingerprint density at radius 3 is 2.90 bits per heavy atom. The second-order valence-electron chi connectivity index (χ2n) is 5.54. The van der Waals surface area contributed by atoms with Gasteiger partial charge in [-0.1, -0.05) is 5.16 Å². The highest BCUT2D eigenvalue weighted by Gasteiger charge is 2.52. The van der Waals surface area contributed by atoms with Crippen LogP contribution in [0.25, 0.3) is 0 Å². The zero-order chi connectivity index (χ0) is 14.6. The van der Waals surface area contributed by atoms with Gasteiger partial charge in [-0.2, -0.15) is 0 Å². The summed E-state index contributed by atoms with van der Waals surface area (Å²) < 4.78 is 10.8. The van der Waals surface area contributed by atoms with Crippen molar-refractivity contribution >= 4 is 5.91 Å². The van der Waals surface area contributed by atoms with Crippen LogP contribution in [0.5, 0.6) is 0 Å². The number of hydrogen-bond acceptors (Lipinski definition) is 6. The molecule has 2 aromatic rings. The van der Waals surface area contributed by atoms with Gasteiger partial charge >= 0.3 is 0 Å². The zero-order valence-electron chi connectivity index (χ0n) is 11.8. The van der Waals surface area contributed by atoms with Crippen LogP contribution < -0.4 is 0 Å². The van der Waals surface area contributed by atoms with Crippen molar-refractivity contribution in [2.24, 2.45) is 0 Å². The van der Waals surface area contributed by atoms with E-state index in [9.17, 15) is 4.79 Å². The standard InChI is InChI=1S/C14H14N4O3/c1-8-3-11(17-21-8)13(19)18-6-14(7-18)10-4-15-9(2)16-12(10)5-20-14/h3-4H,5-7H2,1-2H3. The highest BCUT2D eigenvalue weighted by molar-refractivity contribution is 5.93. The molecule has 1 spiro atoms. The lowest BCUT2D eigenvalue weighted by molar-refractivity contribution is -0.126. The Morgan fingerprint density at radius 1 is 1.38 bits per heavy atom. The predicted octanol–water partition coefficient (Wildman–Crippen LogP) is 0.963. The molecule has 108 valence electrons. The van der Waals surface area contributed by atoms with E-state index in [1.807, 2.05) is 13.1 Å². The fourth-order valence-electron chi connectivity index (χ4n) is 2.90. The molecule has 4 heterocycles. The van der Waals surface area contributed by atoms with E-state index in [0.717, 1.165) is 17.1 Å². The number of hydrogen-bond donors (Lipinski definition) is 0. The highest BCUT2D eigenvalue weighted by atomic mass is 16.5. The Balaban J connectivity index is 1.54. The Morgan fingerprint density at radius 2 is 2.19 bits per heavy atom. The summed E-state index contributed by atoms with van der Waals surface area (Å²) in [7, 11) is 0. The van der Waals surface area contributed by atoms with Gasteiger partial charge in [0.1, 0.15) is 17.2 Å². The normalized spacial score (nSPS) is 18.7. The van der Waals surface area contributed by atoms with Gasteiger partial charge in [-0.25, -0.2) is 9.97 Å². The van der Waals surface area contributed by atoms with Crippen molar-refractivity contribution in [3.05, 3.63) is 40.8 Å².